The van der Waals surface area contributed by atoms with Crippen LogP contribution in [0.1, 0.15) is 59.3 Å². The summed E-state index contributed by atoms with van der Waals surface area (Å²) in [4.78, 5) is 0. The highest BCUT2D eigenvalue weighted by Crippen LogP contribution is 2.43. The number of methoxy groups -OCH3 is 1. The summed E-state index contributed by atoms with van der Waals surface area (Å²) < 4.78 is 11.8. The van der Waals surface area contributed by atoms with Crippen LogP contribution >= 0.6 is 0 Å². The molecule has 1 heterocycles. The van der Waals surface area contributed by atoms with Crippen molar-refractivity contribution in [2.45, 2.75) is 77.0 Å². The van der Waals surface area contributed by atoms with E-state index in [1.54, 1.807) is 7.11 Å². The zero-order valence-corrected chi connectivity index (χ0v) is 13.1. The molecule has 19 heavy (non-hydrogen) atoms. The lowest BCUT2D eigenvalue weighted by Crippen LogP contribution is -2.53. The summed E-state index contributed by atoms with van der Waals surface area (Å²) in [6, 6.07) is 0.117. The molecular weight excluding hydrogens is 238 g/mol. The van der Waals surface area contributed by atoms with Gasteiger partial charge in [-0.15, -0.1) is 0 Å². The maximum Gasteiger partial charge on any atom is 0.0772 e. The molecule has 112 valence electrons. The van der Waals surface area contributed by atoms with Crippen molar-refractivity contribution in [1.29, 1.82) is 0 Å². The second-order valence-electron chi connectivity index (χ2n) is 7.59. The molecule has 0 bridgehead atoms. The van der Waals surface area contributed by atoms with Crippen molar-refractivity contribution < 1.29 is 9.47 Å². The molecule has 1 aliphatic heterocycles. The van der Waals surface area contributed by atoms with Gasteiger partial charge in [0.25, 0.3) is 0 Å². The molecule has 0 amide bonds. The Labute approximate surface area is 118 Å². The summed E-state index contributed by atoms with van der Waals surface area (Å²) >= 11 is 0. The highest BCUT2D eigenvalue weighted by Gasteiger charge is 2.44. The maximum absolute atomic E-state index is 6.56. The van der Waals surface area contributed by atoms with Gasteiger partial charge in [-0.3, -0.25) is 0 Å². The molecule has 2 aliphatic rings. The van der Waals surface area contributed by atoms with Crippen molar-refractivity contribution in [2.24, 2.45) is 17.1 Å². The Hall–Kier alpha value is -0.120. The van der Waals surface area contributed by atoms with Gasteiger partial charge in [0.2, 0.25) is 0 Å². The van der Waals surface area contributed by atoms with Crippen LogP contribution in [0.4, 0.5) is 0 Å². The van der Waals surface area contributed by atoms with E-state index in [1.165, 1.54) is 25.7 Å². The number of ether oxygens (including phenoxy) is 2. The third-order valence-corrected chi connectivity index (χ3v) is 5.05. The lowest BCUT2D eigenvalue weighted by molar-refractivity contribution is -0.111. The van der Waals surface area contributed by atoms with Gasteiger partial charge in [0, 0.05) is 19.8 Å². The number of hydrogen-bond acceptors (Lipinski definition) is 3. The average molecular weight is 269 g/mol. The van der Waals surface area contributed by atoms with Crippen molar-refractivity contribution >= 4 is 0 Å². The minimum atomic E-state index is 0.0926. The molecule has 1 saturated heterocycles. The Kier molecular flexibility index (Phi) is 4.59. The van der Waals surface area contributed by atoms with Crippen LogP contribution in [0.5, 0.6) is 0 Å². The summed E-state index contributed by atoms with van der Waals surface area (Å²) in [5.74, 6) is 0.538. The molecule has 1 spiro atoms. The first-order chi connectivity index (χ1) is 8.88. The van der Waals surface area contributed by atoms with Gasteiger partial charge in [-0.05, 0) is 37.0 Å². The molecule has 2 fully saturated rings. The topological polar surface area (TPSA) is 44.5 Å². The van der Waals surface area contributed by atoms with E-state index in [0.717, 1.165) is 19.4 Å². The molecule has 2 rings (SSSR count). The highest BCUT2D eigenvalue weighted by molar-refractivity contribution is 4.97. The van der Waals surface area contributed by atoms with E-state index in [4.69, 9.17) is 15.2 Å². The first-order valence-electron chi connectivity index (χ1n) is 7.80. The van der Waals surface area contributed by atoms with Crippen LogP contribution in [-0.4, -0.2) is 31.5 Å². The minimum absolute atomic E-state index is 0.0926. The van der Waals surface area contributed by atoms with Gasteiger partial charge in [0.05, 0.1) is 11.7 Å². The molecule has 3 atom stereocenters. The highest BCUT2D eigenvalue weighted by atomic mass is 16.5. The van der Waals surface area contributed by atoms with Crippen LogP contribution in [0, 0.1) is 11.3 Å². The van der Waals surface area contributed by atoms with Crippen LogP contribution in [0.3, 0.4) is 0 Å². The molecule has 0 aromatic heterocycles. The van der Waals surface area contributed by atoms with Gasteiger partial charge in [-0.2, -0.15) is 0 Å². The fourth-order valence-corrected chi connectivity index (χ4v) is 4.10. The quantitative estimate of drug-likeness (QED) is 0.856. The lowest BCUT2D eigenvalue weighted by atomic mass is 9.74. The van der Waals surface area contributed by atoms with Gasteiger partial charge in [0.15, 0.2) is 0 Å². The maximum atomic E-state index is 6.56. The van der Waals surface area contributed by atoms with Gasteiger partial charge >= 0.3 is 0 Å². The van der Waals surface area contributed by atoms with E-state index in [-0.39, 0.29) is 23.2 Å². The van der Waals surface area contributed by atoms with E-state index in [0.29, 0.717) is 5.92 Å². The molecule has 1 saturated carbocycles. The fraction of sp³-hybridized carbons (Fsp3) is 1.00. The minimum Gasteiger partial charge on any atom is -0.379 e. The van der Waals surface area contributed by atoms with Crippen LogP contribution in [0.2, 0.25) is 0 Å². The Balaban J connectivity index is 2.04. The predicted molar refractivity (Wildman–Crippen MR) is 78.1 cm³/mol. The standard InChI is InChI=1S/C16H31NO2/c1-15(2,3)14(18-4)13(17)12-7-10-19-16(11-12)8-5-6-9-16/h12-14H,5-11,17H2,1-4H3. The monoisotopic (exact) mass is 269 g/mol. The normalized spacial score (nSPS) is 30.5. The van der Waals surface area contributed by atoms with Crippen LogP contribution < -0.4 is 5.73 Å². The van der Waals surface area contributed by atoms with Crippen LogP contribution in [-0.2, 0) is 9.47 Å². The third-order valence-electron chi connectivity index (χ3n) is 5.05. The largest absolute Gasteiger partial charge is 0.379 e. The average Bonchev–Trinajstić information content (AvgIpc) is 2.76. The van der Waals surface area contributed by atoms with E-state index in [1.807, 2.05) is 0 Å². The van der Waals surface area contributed by atoms with Gasteiger partial charge < -0.3 is 15.2 Å². The summed E-state index contributed by atoms with van der Waals surface area (Å²) in [5, 5.41) is 0. The first kappa shape index (κ1) is 15.3. The van der Waals surface area contributed by atoms with Crippen LogP contribution in [0.25, 0.3) is 0 Å². The number of hydrogen-bond donors (Lipinski definition) is 1. The molecule has 2 N–H and O–H groups in total. The lowest BCUT2D eigenvalue weighted by Gasteiger charge is -2.44. The summed E-state index contributed by atoms with van der Waals surface area (Å²) in [6.07, 6.45) is 7.41. The fourth-order valence-electron chi connectivity index (χ4n) is 4.10. The number of nitrogens with two attached hydrogens (primary N) is 1. The number of rotatable bonds is 3. The zero-order valence-electron chi connectivity index (χ0n) is 13.1. The smallest absolute Gasteiger partial charge is 0.0772 e. The van der Waals surface area contributed by atoms with E-state index >= 15 is 0 Å². The first-order valence-corrected chi connectivity index (χ1v) is 7.80. The van der Waals surface area contributed by atoms with Crippen molar-refractivity contribution in [2.75, 3.05) is 13.7 Å². The van der Waals surface area contributed by atoms with Crippen LogP contribution in [0.15, 0.2) is 0 Å². The second kappa shape index (κ2) is 5.71. The predicted octanol–water partition coefficient (Wildman–Crippen LogP) is 3.11. The van der Waals surface area contributed by atoms with Crippen molar-refractivity contribution in [3.05, 3.63) is 0 Å². The SMILES string of the molecule is COC(C(N)C1CCOC2(CCCC2)C1)C(C)(C)C. The Morgan fingerprint density at radius 1 is 1.26 bits per heavy atom. The van der Waals surface area contributed by atoms with Gasteiger partial charge in [-0.1, -0.05) is 33.6 Å². The Morgan fingerprint density at radius 2 is 1.89 bits per heavy atom. The van der Waals surface area contributed by atoms with Gasteiger partial charge in [0.1, 0.15) is 0 Å². The molecule has 3 heteroatoms. The third kappa shape index (κ3) is 3.32. The molecular formula is C16H31NO2. The van der Waals surface area contributed by atoms with Crippen molar-refractivity contribution in [1.82, 2.24) is 0 Å². The Morgan fingerprint density at radius 3 is 2.42 bits per heavy atom. The molecule has 3 nitrogen and oxygen atoms in total. The van der Waals surface area contributed by atoms with Gasteiger partial charge in [-0.25, -0.2) is 0 Å². The summed E-state index contributed by atoms with van der Waals surface area (Å²) in [6.45, 7) is 7.52. The molecule has 1 aliphatic carbocycles. The molecule has 3 unspecified atom stereocenters. The van der Waals surface area contributed by atoms with E-state index < -0.39 is 0 Å². The summed E-state index contributed by atoms with van der Waals surface area (Å²) in [5.41, 5.74) is 6.80. The molecule has 0 aromatic rings. The van der Waals surface area contributed by atoms with Crippen molar-refractivity contribution in [3.8, 4) is 0 Å². The van der Waals surface area contributed by atoms with Crippen molar-refractivity contribution in [3.63, 3.8) is 0 Å². The van der Waals surface area contributed by atoms with E-state index in [2.05, 4.69) is 20.8 Å². The molecule has 0 aromatic carbocycles. The second-order valence-corrected chi connectivity index (χ2v) is 7.59. The zero-order chi connectivity index (χ0) is 14.1. The molecule has 0 radical (unpaired) electrons. The summed E-state index contributed by atoms with van der Waals surface area (Å²) in [7, 11) is 1.79. The Bertz CT molecular complexity index is 292. The van der Waals surface area contributed by atoms with E-state index in [9.17, 15) is 0 Å².